The summed E-state index contributed by atoms with van der Waals surface area (Å²) in [6.45, 7) is 9.04. The Kier molecular flexibility index (Phi) is 11.1. The lowest BCUT2D eigenvalue weighted by atomic mass is 10.0. The van der Waals surface area contributed by atoms with Gasteiger partial charge in [-0.2, -0.15) is 0 Å². The lowest BCUT2D eigenvalue weighted by Crippen LogP contribution is -2.23. The zero-order valence-corrected chi connectivity index (χ0v) is 18.6. The number of hydrogen-bond donors (Lipinski definition) is 1. The number of methoxy groups -OCH3 is 1. The second-order valence-electron chi connectivity index (χ2n) is 7.17. The minimum atomic E-state index is -0.566. The highest BCUT2D eigenvalue weighted by molar-refractivity contribution is 5.94. The van der Waals surface area contributed by atoms with Crippen molar-refractivity contribution < 1.29 is 28.8 Å². The molecule has 2 aromatic carbocycles. The molecule has 0 radical (unpaired) electrons. The second kappa shape index (κ2) is 14.1. The van der Waals surface area contributed by atoms with E-state index in [1.54, 1.807) is 31.4 Å². The predicted molar refractivity (Wildman–Crippen MR) is 124 cm³/mol. The molecule has 0 heterocycles. The molecule has 2 rings (SSSR count). The van der Waals surface area contributed by atoms with Crippen LogP contribution in [0.3, 0.4) is 0 Å². The number of aromatic hydroxyl groups is 1. The molecule has 0 unspecified atom stereocenters. The molecule has 0 saturated heterocycles. The molecule has 6 heteroatoms. The van der Waals surface area contributed by atoms with E-state index in [4.69, 9.17) is 18.9 Å². The Morgan fingerprint density at radius 1 is 1.03 bits per heavy atom. The van der Waals surface area contributed by atoms with Gasteiger partial charge in [-0.05, 0) is 35.7 Å². The van der Waals surface area contributed by atoms with Crippen LogP contribution in [-0.4, -0.2) is 44.1 Å². The van der Waals surface area contributed by atoms with Crippen LogP contribution in [0, 0.1) is 0 Å². The molecular weight excluding hydrogens is 408 g/mol. The summed E-state index contributed by atoms with van der Waals surface area (Å²) in [5.41, 5.74) is 1.86. The molecular formula is C26H32O6. The summed E-state index contributed by atoms with van der Waals surface area (Å²) in [5, 5.41) is 10.2. The number of rotatable bonds is 15. The van der Waals surface area contributed by atoms with Crippen LogP contribution < -0.4 is 4.74 Å². The normalized spacial score (nSPS) is 11.5. The average Bonchev–Trinajstić information content (AvgIpc) is 2.80. The van der Waals surface area contributed by atoms with E-state index in [0.29, 0.717) is 51.3 Å². The maximum Gasteiger partial charge on any atom is 0.342 e. The average molecular weight is 441 g/mol. The first-order valence-corrected chi connectivity index (χ1v) is 10.6. The van der Waals surface area contributed by atoms with Gasteiger partial charge in [0.05, 0.1) is 33.5 Å². The molecule has 6 nitrogen and oxygen atoms in total. The Balaban J connectivity index is 1.95. The van der Waals surface area contributed by atoms with Gasteiger partial charge in [0.25, 0.3) is 0 Å². The highest BCUT2D eigenvalue weighted by Crippen LogP contribution is 2.24. The number of ether oxygens (including phenoxy) is 4. The van der Waals surface area contributed by atoms with E-state index >= 15 is 0 Å². The molecule has 1 N–H and O–H groups in total. The molecule has 0 aliphatic rings. The summed E-state index contributed by atoms with van der Waals surface area (Å²) in [4.78, 5) is 12.8. The Morgan fingerprint density at radius 3 is 2.41 bits per heavy atom. The van der Waals surface area contributed by atoms with Crippen molar-refractivity contribution in [3.63, 3.8) is 0 Å². The van der Waals surface area contributed by atoms with Crippen LogP contribution in [-0.2, 0) is 27.2 Å². The number of hydrogen-bond acceptors (Lipinski definition) is 6. The largest absolute Gasteiger partial charge is 0.507 e. The molecule has 0 spiro atoms. The van der Waals surface area contributed by atoms with Crippen molar-refractivity contribution in [2.45, 2.75) is 32.0 Å². The van der Waals surface area contributed by atoms with Crippen LogP contribution in [0.2, 0.25) is 0 Å². The van der Waals surface area contributed by atoms with Crippen LogP contribution in [0.5, 0.6) is 11.5 Å². The van der Waals surface area contributed by atoms with Gasteiger partial charge in [-0.3, -0.25) is 0 Å². The minimum Gasteiger partial charge on any atom is -0.507 e. The molecule has 0 saturated carbocycles. The van der Waals surface area contributed by atoms with Crippen LogP contribution >= 0.6 is 0 Å². The van der Waals surface area contributed by atoms with Crippen molar-refractivity contribution in [2.75, 3.05) is 26.9 Å². The Hall–Kier alpha value is -3.09. The summed E-state index contributed by atoms with van der Waals surface area (Å²) in [7, 11) is 1.63. The number of benzene rings is 2. The highest BCUT2D eigenvalue weighted by Gasteiger charge is 2.21. The summed E-state index contributed by atoms with van der Waals surface area (Å²) < 4.78 is 22.1. The molecule has 1 atom stereocenters. The quantitative estimate of drug-likeness (QED) is 0.242. The number of carbonyl (C=O) groups excluding carboxylic acids is 1. The third-order valence-corrected chi connectivity index (χ3v) is 4.80. The molecule has 172 valence electrons. The van der Waals surface area contributed by atoms with Gasteiger partial charge in [0.1, 0.15) is 23.2 Å². The van der Waals surface area contributed by atoms with Crippen LogP contribution in [0.25, 0.3) is 0 Å². The van der Waals surface area contributed by atoms with Crippen molar-refractivity contribution in [3.8, 4) is 11.5 Å². The summed E-state index contributed by atoms with van der Waals surface area (Å²) in [6.07, 6.45) is 4.40. The van der Waals surface area contributed by atoms with Gasteiger partial charge in [-0.25, -0.2) is 4.79 Å². The zero-order valence-electron chi connectivity index (χ0n) is 18.6. The molecule has 0 aliphatic carbocycles. The molecule has 0 amide bonds. The van der Waals surface area contributed by atoms with Crippen molar-refractivity contribution in [3.05, 3.63) is 84.5 Å². The first-order chi connectivity index (χ1) is 15.6. The zero-order chi connectivity index (χ0) is 23.2. The summed E-state index contributed by atoms with van der Waals surface area (Å²) >= 11 is 0. The van der Waals surface area contributed by atoms with Gasteiger partial charge in [0.2, 0.25) is 0 Å². The van der Waals surface area contributed by atoms with Gasteiger partial charge < -0.3 is 24.1 Å². The van der Waals surface area contributed by atoms with Gasteiger partial charge in [0, 0.05) is 12.8 Å². The first-order valence-electron chi connectivity index (χ1n) is 10.6. The maximum atomic E-state index is 12.8. The lowest BCUT2D eigenvalue weighted by molar-refractivity contribution is 0.00580. The Bertz CT molecular complexity index is 859. The third-order valence-electron chi connectivity index (χ3n) is 4.80. The van der Waals surface area contributed by atoms with E-state index in [1.807, 2.05) is 24.3 Å². The van der Waals surface area contributed by atoms with E-state index in [0.717, 1.165) is 11.3 Å². The van der Waals surface area contributed by atoms with Crippen molar-refractivity contribution >= 4 is 5.97 Å². The van der Waals surface area contributed by atoms with Crippen LogP contribution in [0.4, 0.5) is 0 Å². The Labute approximate surface area is 190 Å². The van der Waals surface area contributed by atoms with Gasteiger partial charge >= 0.3 is 5.97 Å². The first kappa shape index (κ1) is 25.2. The van der Waals surface area contributed by atoms with Crippen molar-refractivity contribution in [1.29, 1.82) is 0 Å². The second-order valence-corrected chi connectivity index (χ2v) is 7.17. The molecule has 2 aromatic rings. The fourth-order valence-electron chi connectivity index (χ4n) is 3.13. The van der Waals surface area contributed by atoms with E-state index < -0.39 is 12.1 Å². The number of phenolic OH excluding ortho intramolecular Hbond substituents is 1. The van der Waals surface area contributed by atoms with Crippen LogP contribution in [0.1, 0.15) is 34.3 Å². The van der Waals surface area contributed by atoms with Gasteiger partial charge in [0.15, 0.2) is 0 Å². The molecule has 32 heavy (non-hydrogen) atoms. The predicted octanol–water partition coefficient (Wildman–Crippen LogP) is 4.85. The van der Waals surface area contributed by atoms with E-state index in [9.17, 15) is 9.90 Å². The van der Waals surface area contributed by atoms with Gasteiger partial charge in [-0.1, -0.05) is 36.4 Å². The smallest absolute Gasteiger partial charge is 0.342 e. The summed E-state index contributed by atoms with van der Waals surface area (Å²) in [5.74, 6) is 0.121. The fraction of sp³-hybridized carbons (Fsp3) is 0.346. The SMILES string of the molecule is C=CCOCC[C@H](CCOCc1ccc(OC)cc1)OC(=O)c1c(O)cccc1CC=C. The fourth-order valence-corrected chi connectivity index (χ4v) is 3.13. The number of phenols is 1. The summed E-state index contributed by atoms with van der Waals surface area (Å²) in [6, 6.07) is 12.6. The van der Waals surface area contributed by atoms with Gasteiger partial charge in [-0.15, -0.1) is 13.2 Å². The molecule has 0 bridgehead atoms. The highest BCUT2D eigenvalue weighted by atomic mass is 16.5. The maximum absolute atomic E-state index is 12.8. The molecule has 0 aliphatic heterocycles. The van der Waals surface area contributed by atoms with E-state index in [-0.39, 0.29) is 11.3 Å². The molecule has 0 aromatic heterocycles. The van der Waals surface area contributed by atoms with Crippen LogP contribution in [0.15, 0.2) is 67.8 Å². The number of carbonyl (C=O) groups is 1. The monoisotopic (exact) mass is 440 g/mol. The lowest BCUT2D eigenvalue weighted by Gasteiger charge is -2.19. The standard InChI is InChI=1S/C26H32O6/c1-4-7-21-8-6-9-24(27)25(21)26(28)32-23(14-17-30-16-5-2)15-18-31-19-20-10-12-22(29-3)13-11-20/h4-6,8-13,23,27H,1-2,7,14-19H2,3H3/t23-/m1/s1. The van der Waals surface area contributed by atoms with E-state index in [1.165, 1.54) is 6.07 Å². The van der Waals surface area contributed by atoms with E-state index in [2.05, 4.69) is 13.2 Å². The topological polar surface area (TPSA) is 74.2 Å². The third kappa shape index (κ3) is 8.21. The van der Waals surface area contributed by atoms with Crippen molar-refractivity contribution in [2.24, 2.45) is 0 Å². The van der Waals surface area contributed by atoms with Crippen molar-refractivity contribution in [1.82, 2.24) is 0 Å². The number of allylic oxidation sites excluding steroid dienone is 1. The minimum absolute atomic E-state index is 0.105. The Morgan fingerprint density at radius 2 is 1.75 bits per heavy atom. The number of esters is 1. The molecule has 0 fully saturated rings.